The monoisotopic (exact) mass is 391 g/mol. The summed E-state index contributed by atoms with van der Waals surface area (Å²) in [4.78, 5) is 17.2. The van der Waals surface area contributed by atoms with Gasteiger partial charge in [-0.15, -0.1) is 0 Å². The minimum Gasteiger partial charge on any atom is -0.338 e. The highest BCUT2D eigenvalue weighted by Crippen LogP contribution is 2.23. The van der Waals surface area contributed by atoms with Gasteiger partial charge in [0, 0.05) is 14.1 Å². The Kier molecular flexibility index (Phi) is 5.79. The van der Waals surface area contributed by atoms with Crippen LogP contribution in [0, 0.1) is 0 Å². The van der Waals surface area contributed by atoms with Crippen molar-refractivity contribution in [1.82, 2.24) is 14.5 Å². The molecule has 0 N–H and O–H groups in total. The number of hydrogen-bond acceptors (Lipinski definition) is 4. The topological polar surface area (TPSA) is 72.3 Å². The van der Waals surface area contributed by atoms with E-state index in [4.69, 9.17) is 11.6 Å². The first-order chi connectivity index (χ1) is 11.6. The second-order valence-corrected chi connectivity index (χ2v) is 7.67. The molecule has 1 aromatic heterocycles. The lowest BCUT2D eigenvalue weighted by Gasteiger charge is -2.18. The number of sulfone groups is 1. The van der Waals surface area contributed by atoms with E-state index in [-0.39, 0.29) is 18.5 Å². The molecule has 25 heavy (non-hydrogen) atoms. The number of imidazole rings is 1. The van der Waals surface area contributed by atoms with Crippen LogP contribution in [0.5, 0.6) is 0 Å². The van der Waals surface area contributed by atoms with Crippen molar-refractivity contribution >= 4 is 27.3 Å². The molecule has 2 rings (SSSR count). The number of carbonyl (C=O) groups is 1. The first-order valence-electron chi connectivity index (χ1n) is 7.14. The number of amides is 1. The molecule has 0 fully saturated rings. The van der Waals surface area contributed by atoms with Crippen LogP contribution in [0.3, 0.4) is 0 Å². The predicted molar refractivity (Wildman–Crippen MR) is 88.0 cm³/mol. The third-order valence-electron chi connectivity index (χ3n) is 3.69. The number of aromatic nitrogens is 2. The fraction of sp³-hybridized carbons (Fsp3) is 0.333. The van der Waals surface area contributed by atoms with Crippen LogP contribution in [0.4, 0.5) is 8.78 Å². The highest BCUT2D eigenvalue weighted by Gasteiger charge is 2.29. The summed E-state index contributed by atoms with van der Waals surface area (Å²) in [5, 5.41) is 0.407. The molecule has 136 valence electrons. The van der Waals surface area contributed by atoms with Crippen molar-refractivity contribution in [2.45, 2.75) is 23.6 Å². The van der Waals surface area contributed by atoms with Crippen molar-refractivity contribution in [2.75, 3.05) is 7.05 Å². The molecule has 0 aliphatic heterocycles. The summed E-state index contributed by atoms with van der Waals surface area (Å²) in [5.41, 5.74) is 0.0255. The van der Waals surface area contributed by atoms with E-state index in [0.717, 1.165) is 6.07 Å². The van der Waals surface area contributed by atoms with E-state index in [2.05, 4.69) is 4.98 Å². The van der Waals surface area contributed by atoms with Crippen LogP contribution in [0.15, 0.2) is 35.4 Å². The molecule has 0 atom stereocenters. The number of benzene rings is 1. The van der Waals surface area contributed by atoms with Gasteiger partial charge in [0.25, 0.3) is 0 Å². The van der Waals surface area contributed by atoms with Gasteiger partial charge >= 0.3 is 5.76 Å². The van der Waals surface area contributed by atoms with Crippen molar-refractivity contribution in [1.29, 1.82) is 0 Å². The van der Waals surface area contributed by atoms with Crippen molar-refractivity contribution in [3.05, 3.63) is 47.0 Å². The Hall–Kier alpha value is -2.00. The molecule has 0 bridgehead atoms. The van der Waals surface area contributed by atoms with Crippen LogP contribution < -0.4 is 0 Å². The van der Waals surface area contributed by atoms with E-state index in [1.54, 1.807) is 11.6 Å². The predicted octanol–water partition coefficient (Wildman–Crippen LogP) is 2.27. The summed E-state index contributed by atoms with van der Waals surface area (Å²) in [7, 11) is -1.58. The van der Waals surface area contributed by atoms with Crippen molar-refractivity contribution in [3.63, 3.8) is 0 Å². The second kappa shape index (κ2) is 7.49. The Morgan fingerprint density at radius 1 is 1.36 bits per heavy atom. The lowest BCUT2D eigenvalue weighted by atomic mass is 10.1. The molecular formula is C15H16ClF2N3O3S. The van der Waals surface area contributed by atoms with Gasteiger partial charge in [0.1, 0.15) is 11.0 Å². The second-order valence-electron chi connectivity index (χ2n) is 5.40. The number of halogens is 3. The van der Waals surface area contributed by atoms with E-state index in [9.17, 15) is 22.0 Å². The summed E-state index contributed by atoms with van der Waals surface area (Å²) in [6.45, 7) is 0.145. The zero-order valence-corrected chi connectivity index (χ0v) is 15.1. The van der Waals surface area contributed by atoms with Crippen molar-refractivity contribution < 1.29 is 22.0 Å². The number of rotatable bonds is 6. The Morgan fingerprint density at radius 3 is 2.56 bits per heavy atom. The van der Waals surface area contributed by atoms with Gasteiger partial charge in [0.05, 0.1) is 24.1 Å². The Balaban J connectivity index is 2.20. The highest BCUT2D eigenvalue weighted by atomic mass is 35.5. The number of likely N-dealkylation sites (N-methyl/N-ethyl adjacent to an activating group) is 1. The Bertz CT molecular complexity index is 884. The van der Waals surface area contributed by atoms with Crippen molar-refractivity contribution in [3.8, 4) is 0 Å². The average Bonchev–Trinajstić information content (AvgIpc) is 2.87. The van der Waals surface area contributed by atoms with E-state index in [1.165, 1.54) is 36.3 Å². The zero-order chi connectivity index (χ0) is 18.8. The number of hydrogen-bond donors (Lipinski definition) is 0. The summed E-state index contributed by atoms with van der Waals surface area (Å²) in [6.07, 6.45) is 1.12. The molecule has 1 aromatic carbocycles. The van der Waals surface area contributed by atoms with E-state index in [1.807, 2.05) is 0 Å². The largest absolute Gasteiger partial charge is 0.341 e. The minimum atomic E-state index is -4.78. The molecule has 0 aliphatic carbocycles. The molecule has 1 amide bonds. The van der Waals surface area contributed by atoms with Crippen LogP contribution in [-0.4, -0.2) is 41.6 Å². The summed E-state index contributed by atoms with van der Waals surface area (Å²) in [5.74, 6) is -3.44. The summed E-state index contributed by atoms with van der Waals surface area (Å²) >= 11 is 5.88. The molecule has 0 saturated heterocycles. The molecule has 0 unspecified atom stereocenters. The number of nitrogens with zero attached hydrogens (tertiary/aromatic N) is 3. The molecule has 2 aromatic rings. The van der Waals surface area contributed by atoms with Gasteiger partial charge in [-0.25, -0.2) is 13.4 Å². The standard InChI is InChI=1S/C15H16ClF2N3O3S/c1-20(9-13-19-8-12(16)21(13)2)14(22)7-10-5-3-4-6-11(10)25(23,24)15(17)18/h3-6,8,15H,7,9H2,1-2H3. The Labute approximate surface area is 148 Å². The number of alkyl halides is 2. The lowest BCUT2D eigenvalue weighted by Crippen LogP contribution is -2.29. The molecule has 0 spiro atoms. The minimum absolute atomic E-state index is 0.0255. The smallest absolute Gasteiger partial charge is 0.338 e. The quantitative estimate of drug-likeness (QED) is 0.757. The molecule has 0 saturated carbocycles. The maximum Gasteiger partial charge on any atom is 0.341 e. The first kappa shape index (κ1) is 19.3. The van der Waals surface area contributed by atoms with Crippen LogP contribution in [0.1, 0.15) is 11.4 Å². The molecule has 10 heteroatoms. The first-order valence-corrected chi connectivity index (χ1v) is 9.07. The van der Waals surface area contributed by atoms with Gasteiger partial charge in [-0.2, -0.15) is 8.78 Å². The van der Waals surface area contributed by atoms with E-state index < -0.39 is 26.4 Å². The maximum absolute atomic E-state index is 12.8. The molecule has 0 radical (unpaired) electrons. The fourth-order valence-corrected chi connectivity index (χ4v) is 3.30. The molecule has 6 nitrogen and oxygen atoms in total. The molecular weight excluding hydrogens is 376 g/mol. The maximum atomic E-state index is 12.8. The van der Waals surface area contributed by atoms with Crippen LogP contribution >= 0.6 is 11.6 Å². The summed E-state index contributed by atoms with van der Waals surface area (Å²) in [6, 6.07) is 5.25. The van der Waals surface area contributed by atoms with Crippen LogP contribution in [-0.2, 0) is 34.6 Å². The highest BCUT2D eigenvalue weighted by molar-refractivity contribution is 7.91. The lowest BCUT2D eigenvalue weighted by molar-refractivity contribution is -0.129. The molecule has 0 aliphatic rings. The van der Waals surface area contributed by atoms with Gasteiger partial charge in [-0.3, -0.25) is 4.79 Å². The van der Waals surface area contributed by atoms with Gasteiger partial charge in [-0.05, 0) is 11.6 Å². The fourth-order valence-electron chi connectivity index (χ4n) is 2.19. The SMILES string of the molecule is CN(Cc1ncc(Cl)n1C)C(=O)Cc1ccccc1S(=O)(=O)C(F)F. The van der Waals surface area contributed by atoms with Crippen LogP contribution in [0.2, 0.25) is 5.15 Å². The third kappa shape index (κ3) is 4.16. The summed E-state index contributed by atoms with van der Waals surface area (Å²) < 4.78 is 50.7. The van der Waals surface area contributed by atoms with E-state index in [0.29, 0.717) is 11.0 Å². The van der Waals surface area contributed by atoms with Gasteiger partial charge in [0.15, 0.2) is 0 Å². The van der Waals surface area contributed by atoms with Crippen LogP contribution in [0.25, 0.3) is 0 Å². The molecule has 1 heterocycles. The normalized spacial score (nSPS) is 11.8. The Morgan fingerprint density at radius 2 is 2.00 bits per heavy atom. The third-order valence-corrected chi connectivity index (χ3v) is 5.52. The zero-order valence-electron chi connectivity index (χ0n) is 13.5. The van der Waals surface area contributed by atoms with E-state index >= 15 is 0 Å². The van der Waals surface area contributed by atoms with Gasteiger partial charge < -0.3 is 9.47 Å². The number of carbonyl (C=O) groups excluding carboxylic acids is 1. The van der Waals surface area contributed by atoms with Gasteiger partial charge in [0.2, 0.25) is 15.7 Å². The van der Waals surface area contributed by atoms with Crippen molar-refractivity contribution in [2.24, 2.45) is 7.05 Å². The van der Waals surface area contributed by atoms with Gasteiger partial charge in [-0.1, -0.05) is 29.8 Å². The average molecular weight is 392 g/mol.